The van der Waals surface area contributed by atoms with Gasteiger partial charge in [-0.05, 0) is 53.8 Å². The van der Waals surface area contributed by atoms with Crippen molar-refractivity contribution in [3.05, 3.63) is 38.9 Å². The van der Waals surface area contributed by atoms with Gasteiger partial charge in [-0.15, -0.1) is 0 Å². The average molecular weight is 405 g/mol. The Hall–Kier alpha value is -0.590. The lowest BCUT2D eigenvalue weighted by Crippen LogP contribution is -2.23. The van der Waals surface area contributed by atoms with Crippen LogP contribution in [-0.4, -0.2) is 17.6 Å². The van der Waals surface area contributed by atoms with E-state index in [2.05, 4.69) is 46.7 Å². The molecule has 0 saturated heterocycles. The molecule has 1 aromatic carbocycles. The first-order valence-electron chi connectivity index (χ1n) is 6.70. The Kier molecular flexibility index (Phi) is 5.86. The van der Waals surface area contributed by atoms with Gasteiger partial charge in [0.1, 0.15) is 0 Å². The Balaban J connectivity index is 2.00. The van der Waals surface area contributed by atoms with E-state index >= 15 is 0 Å². The van der Waals surface area contributed by atoms with Gasteiger partial charge in [-0.25, -0.2) is 4.98 Å². The number of aromatic nitrogens is 1. The first-order valence-corrected chi connectivity index (χ1v) is 8.15. The van der Waals surface area contributed by atoms with E-state index in [0.29, 0.717) is 11.1 Å². The fraction of sp³-hybridized carbons (Fsp3) is 0.400. The molecule has 0 fully saturated rings. The summed E-state index contributed by atoms with van der Waals surface area (Å²) < 4.78 is 6.92. The maximum Gasteiger partial charge on any atom is 0.194 e. The Morgan fingerprint density at radius 3 is 2.95 bits per heavy atom. The summed E-state index contributed by atoms with van der Waals surface area (Å²) >= 11 is 8.31. The molecular formula is C15H18ClIN2O. The number of nitrogens with zero attached hydrogens (tertiary/aromatic N) is 1. The molecular weight excluding hydrogens is 387 g/mol. The maximum atomic E-state index is 6.03. The SMILES string of the molecule is CC(C)NCCCc1ncc(-c2cc(Cl)ccc2I)o1. The molecule has 0 bridgehead atoms. The van der Waals surface area contributed by atoms with Crippen LogP contribution in [0, 0.1) is 3.57 Å². The van der Waals surface area contributed by atoms with Crippen molar-refractivity contribution in [3.63, 3.8) is 0 Å². The lowest BCUT2D eigenvalue weighted by molar-refractivity contribution is 0.484. The molecule has 5 heteroatoms. The van der Waals surface area contributed by atoms with Crippen LogP contribution in [0.4, 0.5) is 0 Å². The van der Waals surface area contributed by atoms with E-state index in [1.54, 1.807) is 6.20 Å². The zero-order valence-electron chi connectivity index (χ0n) is 11.6. The van der Waals surface area contributed by atoms with Crippen LogP contribution in [0.25, 0.3) is 11.3 Å². The maximum absolute atomic E-state index is 6.03. The Labute approximate surface area is 138 Å². The highest BCUT2D eigenvalue weighted by molar-refractivity contribution is 14.1. The van der Waals surface area contributed by atoms with Gasteiger partial charge in [0.15, 0.2) is 11.7 Å². The van der Waals surface area contributed by atoms with Crippen molar-refractivity contribution < 1.29 is 4.42 Å². The smallest absolute Gasteiger partial charge is 0.194 e. The van der Waals surface area contributed by atoms with Crippen molar-refractivity contribution in [2.24, 2.45) is 0 Å². The molecule has 0 atom stereocenters. The quantitative estimate of drug-likeness (QED) is 0.568. The summed E-state index contributed by atoms with van der Waals surface area (Å²) in [5, 5.41) is 4.09. The van der Waals surface area contributed by atoms with Crippen molar-refractivity contribution in [2.75, 3.05) is 6.54 Å². The molecule has 0 amide bonds. The minimum Gasteiger partial charge on any atom is -0.441 e. The molecule has 2 rings (SSSR count). The molecule has 1 N–H and O–H groups in total. The zero-order valence-corrected chi connectivity index (χ0v) is 14.5. The van der Waals surface area contributed by atoms with Crippen LogP contribution in [0.5, 0.6) is 0 Å². The first-order chi connectivity index (χ1) is 9.56. The highest BCUT2D eigenvalue weighted by Gasteiger charge is 2.10. The molecule has 20 heavy (non-hydrogen) atoms. The monoisotopic (exact) mass is 404 g/mol. The van der Waals surface area contributed by atoms with Gasteiger partial charge in [0.2, 0.25) is 0 Å². The minimum atomic E-state index is 0.517. The molecule has 108 valence electrons. The van der Waals surface area contributed by atoms with Crippen molar-refractivity contribution in [2.45, 2.75) is 32.7 Å². The van der Waals surface area contributed by atoms with E-state index in [-0.39, 0.29) is 0 Å². The molecule has 0 spiro atoms. The summed E-state index contributed by atoms with van der Waals surface area (Å²) in [4.78, 5) is 4.34. The Morgan fingerprint density at radius 1 is 1.40 bits per heavy atom. The van der Waals surface area contributed by atoms with Crippen molar-refractivity contribution in [1.82, 2.24) is 10.3 Å². The Morgan fingerprint density at radius 2 is 2.20 bits per heavy atom. The van der Waals surface area contributed by atoms with Crippen LogP contribution in [0.3, 0.4) is 0 Å². The number of hydrogen-bond donors (Lipinski definition) is 1. The van der Waals surface area contributed by atoms with Crippen molar-refractivity contribution in [3.8, 4) is 11.3 Å². The molecule has 0 saturated carbocycles. The summed E-state index contributed by atoms with van der Waals surface area (Å²) in [6, 6.07) is 6.28. The van der Waals surface area contributed by atoms with E-state index in [0.717, 1.165) is 40.2 Å². The summed E-state index contributed by atoms with van der Waals surface area (Å²) in [5.74, 6) is 1.56. The molecule has 2 aromatic rings. The Bertz CT molecular complexity index is 569. The van der Waals surface area contributed by atoms with Gasteiger partial charge in [0.05, 0.1) is 6.20 Å². The van der Waals surface area contributed by atoms with Gasteiger partial charge in [-0.2, -0.15) is 0 Å². The summed E-state index contributed by atoms with van der Waals surface area (Å²) in [5.41, 5.74) is 0.997. The van der Waals surface area contributed by atoms with Crippen LogP contribution in [0.1, 0.15) is 26.2 Å². The molecule has 1 heterocycles. The lowest BCUT2D eigenvalue weighted by atomic mass is 10.2. The molecule has 0 radical (unpaired) electrons. The highest BCUT2D eigenvalue weighted by atomic mass is 127. The van der Waals surface area contributed by atoms with Crippen LogP contribution in [0.2, 0.25) is 5.02 Å². The zero-order chi connectivity index (χ0) is 14.5. The second-order valence-corrected chi connectivity index (χ2v) is 6.55. The van der Waals surface area contributed by atoms with E-state index < -0.39 is 0 Å². The van der Waals surface area contributed by atoms with E-state index in [4.69, 9.17) is 16.0 Å². The van der Waals surface area contributed by atoms with Crippen LogP contribution in [-0.2, 0) is 6.42 Å². The van der Waals surface area contributed by atoms with E-state index in [1.165, 1.54) is 0 Å². The van der Waals surface area contributed by atoms with Gasteiger partial charge >= 0.3 is 0 Å². The molecule has 1 aromatic heterocycles. The molecule has 0 unspecified atom stereocenters. The van der Waals surface area contributed by atoms with E-state index in [1.807, 2.05) is 18.2 Å². The van der Waals surface area contributed by atoms with Gasteiger partial charge < -0.3 is 9.73 Å². The second kappa shape index (κ2) is 7.43. The fourth-order valence-corrected chi connectivity index (χ4v) is 2.64. The number of benzene rings is 1. The van der Waals surface area contributed by atoms with Gasteiger partial charge in [-0.1, -0.05) is 25.4 Å². The standard InChI is InChI=1S/C15H18ClIN2O/c1-10(2)18-7-3-4-15-19-9-14(20-15)12-8-11(16)5-6-13(12)17/h5-6,8-10,18H,3-4,7H2,1-2H3. The molecule has 0 aliphatic heterocycles. The van der Waals surface area contributed by atoms with E-state index in [9.17, 15) is 0 Å². The third-order valence-electron chi connectivity index (χ3n) is 2.87. The first kappa shape index (κ1) is 15.8. The summed E-state index contributed by atoms with van der Waals surface area (Å²) in [6.07, 6.45) is 3.64. The number of aryl methyl sites for hydroxylation is 1. The van der Waals surface area contributed by atoms with Crippen LogP contribution >= 0.6 is 34.2 Å². The number of rotatable bonds is 6. The predicted molar refractivity (Wildman–Crippen MR) is 91.1 cm³/mol. The number of halogens is 2. The molecule has 0 aliphatic carbocycles. The average Bonchev–Trinajstić information content (AvgIpc) is 2.86. The third-order valence-corrected chi connectivity index (χ3v) is 4.04. The van der Waals surface area contributed by atoms with Gasteiger partial charge in [0.25, 0.3) is 0 Å². The number of oxazole rings is 1. The third kappa shape index (κ3) is 4.46. The fourth-order valence-electron chi connectivity index (χ4n) is 1.87. The number of nitrogens with one attached hydrogen (secondary N) is 1. The lowest BCUT2D eigenvalue weighted by Gasteiger charge is -2.06. The van der Waals surface area contributed by atoms with Crippen molar-refractivity contribution >= 4 is 34.2 Å². The van der Waals surface area contributed by atoms with Gasteiger partial charge in [-0.3, -0.25) is 0 Å². The topological polar surface area (TPSA) is 38.1 Å². The molecule has 3 nitrogen and oxygen atoms in total. The largest absolute Gasteiger partial charge is 0.441 e. The van der Waals surface area contributed by atoms with Crippen LogP contribution < -0.4 is 5.32 Å². The van der Waals surface area contributed by atoms with Gasteiger partial charge in [0, 0.05) is 26.6 Å². The van der Waals surface area contributed by atoms with Crippen LogP contribution in [0.15, 0.2) is 28.8 Å². The normalized spacial score (nSPS) is 11.2. The second-order valence-electron chi connectivity index (χ2n) is 4.95. The molecule has 0 aliphatic rings. The number of hydrogen-bond acceptors (Lipinski definition) is 3. The summed E-state index contributed by atoms with van der Waals surface area (Å²) in [6.45, 7) is 5.26. The minimum absolute atomic E-state index is 0.517. The van der Waals surface area contributed by atoms with Crippen molar-refractivity contribution in [1.29, 1.82) is 0 Å². The predicted octanol–water partition coefficient (Wildman–Crippen LogP) is 4.53. The highest BCUT2D eigenvalue weighted by Crippen LogP contribution is 2.28. The summed E-state index contributed by atoms with van der Waals surface area (Å²) in [7, 11) is 0.